The number of aryl methyl sites for hydroxylation is 1. The molecule has 5 heteroatoms. The number of rotatable bonds is 6. The Hall–Kier alpha value is -3.34. The summed E-state index contributed by atoms with van der Waals surface area (Å²) in [5.74, 6) is -0.236. The van der Waals surface area contributed by atoms with E-state index in [0.717, 1.165) is 21.9 Å². The zero-order valence-corrected chi connectivity index (χ0v) is 15.3. The highest BCUT2D eigenvalue weighted by molar-refractivity contribution is 6.02. The fourth-order valence-corrected chi connectivity index (χ4v) is 2.92. The van der Waals surface area contributed by atoms with Gasteiger partial charge < -0.3 is 14.8 Å². The molecule has 1 amide bonds. The molecule has 0 heterocycles. The highest BCUT2D eigenvalue weighted by atomic mass is 16.5. The molecule has 27 heavy (non-hydrogen) atoms. The van der Waals surface area contributed by atoms with Crippen LogP contribution in [0, 0.1) is 6.92 Å². The second kappa shape index (κ2) is 8.36. The Bertz CT molecular complexity index is 976. The van der Waals surface area contributed by atoms with Crippen LogP contribution in [0.5, 0.6) is 5.75 Å². The van der Waals surface area contributed by atoms with Crippen LogP contribution in [-0.4, -0.2) is 25.6 Å². The van der Waals surface area contributed by atoms with Crippen molar-refractivity contribution in [3.63, 3.8) is 0 Å². The van der Waals surface area contributed by atoms with Gasteiger partial charge in [-0.2, -0.15) is 0 Å². The Morgan fingerprint density at radius 2 is 1.78 bits per heavy atom. The topological polar surface area (TPSA) is 64.6 Å². The third-order valence-electron chi connectivity index (χ3n) is 4.20. The average molecular weight is 363 g/mol. The number of hydrogen-bond acceptors (Lipinski definition) is 4. The molecule has 3 aromatic carbocycles. The van der Waals surface area contributed by atoms with Crippen LogP contribution >= 0.6 is 0 Å². The fraction of sp³-hybridized carbons (Fsp3) is 0.182. The summed E-state index contributed by atoms with van der Waals surface area (Å²) in [6.07, 6.45) is 0.0480. The minimum absolute atomic E-state index is 0.0480. The first kappa shape index (κ1) is 18.5. The van der Waals surface area contributed by atoms with Crippen molar-refractivity contribution in [2.75, 3.05) is 19.0 Å². The van der Waals surface area contributed by atoms with E-state index in [0.29, 0.717) is 11.4 Å². The largest absolute Gasteiger partial charge is 0.496 e. The fourth-order valence-electron chi connectivity index (χ4n) is 2.92. The van der Waals surface area contributed by atoms with Gasteiger partial charge in [0.05, 0.1) is 13.5 Å². The van der Waals surface area contributed by atoms with Crippen molar-refractivity contribution >= 4 is 28.3 Å². The Balaban J connectivity index is 1.59. The quantitative estimate of drug-likeness (QED) is 0.675. The van der Waals surface area contributed by atoms with Gasteiger partial charge in [-0.25, -0.2) is 0 Å². The van der Waals surface area contributed by atoms with Crippen LogP contribution in [0.3, 0.4) is 0 Å². The van der Waals surface area contributed by atoms with Crippen LogP contribution in [0.4, 0.5) is 5.69 Å². The van der Waals surface area contributed by atoms with E-state index in [9.17, 15) is 9.59 Å². The molecule has 3 aromatic rings. The summed E-state index contributed by atoms with van der Waals surface area (Å²) in [7, 11) is 1.55. The third-order valence-corrected chi connectivity index (χ3v) is 4.20. The number of amides is 1. The Kier molecular flexibility index (Phi) is 5.71. The SMILES string of the molecule is COc1ccc(C)cc1CC(=O)OCC(=O)Nc1cccc2ccccc12. The van der Waals surface area contributed by atoms with Crippen LogP contribution in [0.15, 0.2) is 60.7 Å². The first-order chi connectivity index (χ1) is 13.1. The second-order valence-corrected chi connectivity index (χ2v) is 6.23. The van der Waals surface area contributed by atoms with Gasteiger partial charge in [-0.15, -0.1) is 0 Å². The summed E-state index contributed by atoms with van der Waals surface area (Å²) in [6, 6.07) is 19.0. The van der Waals surface area contributed by atoms with Gasteiger partial charge in [0.2, 0.25) is 0 Å². The molecule has 3 rings (SSSR count). The summed E-state index contributed by atoms with van der Waals surface area (Å²) in [5, 5.41) is 4.76. The van der Waals surface area contributed by atoms with Gasteiger partial charge in [0.25, 0.3) is 5.91 Å². The average Bonchev–Trinajstić information content (AvgIpc) is 2.67. The van der Waals surface area contributed by atoms with Gasteiger partial charge in [-0.1, -0.05) is 54.1 Å². The van der Waals surface area contributed by atoms with E-state index in [2.05, 4.69) is 5.32 Å². The normalized spacial score (nSPS) is 10.4. The van der Waals surface area contributed by atoms with Crippen LogP contribution < -0.4 is 10.1 Å². The van der Waals surface area contributed by atoms with E-state index in [4.69, 9.17) is 9.47 Å². The van der Waals surface area contributed by atoms with E-state index in [1.807, 2.05) is 67.6 Å². The zero-order chi connectivity index (χ0) is 19.2. The summed E-state index contributed by atoms with van der Waals surface area (Å²) < 4.78 is 10.4. The molecule has 0 unspecified atom stereocenters. The molecule has 1 N–H and O–H groups in total. The van der Waals surface area contributed by atoms with Crippen molar-refractivity contribution in [1.82, 2.24) is 0 Å². The molecule has 138 valence electrons. The van der Waals surface area contributed by atoms with E-state index in [1.165, 1.54) is 0 Å². The van der Waals surface area contributed by atoms with Crippen molar-refractivity contribution in [3.8, 4) is 5.75 Å². The number of ether oxygens (including phenoxy) is 2. The number of esters is 1. The van der Waals surface area contributed by atoms with E-state index in [-0.39, 0.29) is 18.9 Å². The lowest BCUT2D eigenvalue weighted by Gasteiger charge is -2.11. The number of fused-ring (bicyclic) bond motifs is 1. The molecule has 0 aliphatic carbocycles. The smallest absolute Gasteiger partial charge is 0.310 e. The number of carbonyl (C=O) groups excluding carboxylic acids is 2. The van der Waals surface area contributed by atoms with Crippen molar-refractivity contribution in [1.29, 1.82) is 0 Å². The summed E-state index contributed by atoms with van der Waals surface area (Å²) >= 11 is 0. The minimum Gasteiger partial charge on any atom is -0.496 e. The Morgan fingerprint density at radius 1 is 1.00 bits per heavy atom. The van der Waals surface area contributed by atoms with Crippen molar-refractivity contribution < 1.29 is 19.1 Å². The maximum absolute atomic E-state index is 12.2. The number of nitrogens with one attached hydrogen (secondary N) is 1. The van der Waals surface area contributed by atoms with E-state index >= 15 is 0 Å². The van der Waals surface area contributed by atoms with Gasteiger partial charge >= 0.3 is 5.97 Å². The maximum Gasteiger partial charge on any atom is 0.310 e. The van der Waals surface area contributed by atoms with Crippen molar-refractivity contribution in [3.05, 3.63) is 71.8 Å². The summed E-state index contributed by atoms with van der Waals surface area (Å²) in [5.41, 5.74) is 2.44. The van der Waals surface area contributed by atoms with Gasteiger partial charge in [0, 0.05) is 16.6 Å². The molecular formula is C22H21NO4. The third kappa shape index (κ3) is 4.64. The van der Waals surface area contributed by atoms with Gasteiger partial charge in [-0.3, -0.25) is 9.59 Å². The predicted molar refractivity (Wildman–Crippen MR) is 105 cm³/mol. The molecule has 0 saturated heterocycles. The molecule has 0 fully saturated rings. The lowest BCUT2D eigenvalue weighted by atomic mass is 10.1. The minimum atomic E-state index is -0.480. The highest BCUT2D eigenvalue weighted by Gasteiger charge is 2.13. The first-order valence-corrected chi connectivity index (χ1v) is 8.63. The number of benzene rings is 3. The number of methoxy groups -OCH3 is 1. The van der Waals surface area contributed by atoms with Crippen LogP contribution in [-0.2, 0) is 20.7 Å². The summed E-state index contributed by atoms with van der Waals surface area (Å²) in [6.45, 7) is 1.60. The number of hydrogen-bond donors (Lipinski definition) is 1. The molecule has 5 nitrogen and oxygen atoms in total. The molecular weight excluding hydrogens is 342 g/mol. The monoisotopic (exact) mass is 363 g/mol. The maximum atomic E-state index is 12.2. The first-order valence-electron chi connectivity index (χ1n) is 8.63. The van der Waals surface area contributed by atoms with E-state index < -0.39 is 5.97 Å². The van der Waals surface area contributed by atoms with Crippen LogP contribution in [0.1, 0.15) is 11.1 Å². The van der Waals surface area contributed by atoms with Crippen LogP contribution in [0.25, 0.3) is 10.8 Å². The summed E-state index contributed by atoms with van der Waals surface area (Å²) in [4.78, 5) is 24.3. The molecule has 0 aliphatic heterocycles. The lowest BCUT2D eigenvalue weighted by Crippen LogP contribution is -2.21. The molecule has 0 spiro atoms. The van der Waals surface area contributed by atoms with Crippen LogP contribution in [0.2, 0.25) is 0 Å². The van der Waals surface area contributed by atoms with Gasteiger partial charge in [0.15, 0.2) is 6.61 Å². The Labute approximate surface area is 157 Å². The Morgan fingerprint density at radius 3 is 2.59 bits per heavy atom. The standard InChI is InChI=1S/C22H21NO4/c1-15-10-11-20(26-2)17(12-15)13-22(25)27-14-21(24)23-19-9-5-7-16-6-3-4-8-18(16)19/h3-12H,13-14H2,1-2H3,(H,23,24). The zero-order valence-electron chi connectivity index (χ0n) is 15.3. The molecule has 0 aliphatic rings. The van der Waals surface area contributed by atoms with Crippen molar-refractivity contribution in [2.45, 2.75) is 13.3 Å². The molecule has 0 aromatic heterocycles. The highest BCUT2D eigenvalue weighted by Crippen LogP contribution is 2.23. The van der Waals surface area contributed by atoms with Crippen molar-refractivity contribution in [2.24, 2.45) is 0 Å². The molecule has 0 radical (unpaired) electrons. The number of anilines is 1. The second-order valence-electron chi connectivity index (χ2n) is 6.23. The molecule has 0 atom stereocenters. The lowest BCUT2D eigenvalue weighted by molar-refractivity contribution is -0.146. The molecule has 0 bridgehead atoms. The number of carbonyl (C=O) groups is 2. The molecule has 0 saturated carbocycles. The van der Waals surface area contributed by atoms with Gasteiger partial charge in [-0.05, 0) is 24.4 Å². The van der Waals surface area contributed by atoms with Gasteiger partial charge in [0.1, 0.15) is 5.75 Å². The predicted octanol–water partition coefficient (Wildman–Crippen LogP) is 3.88. The van der Waals surface area contributed by atoms with E-state index in [1.54, 1.807) is 7.11 Å².